The minimum absolute atomic E-state index is 0.108. The largest absolute Gasteiger partial charge is 0.497 e. The van der Waals surface area contributed by atoms with E-state index in [2.05, 4.69) is 46.2 Å². The fourth-order valence-corrected chi connectivity index (χ4v) is 5.49. The molecule has 0 aliphatic carbocycles. The van der Waals surface area contributed by atoms with E-state index in [1.165, 1.54) is 12.0 Å². The van der Waals surface area contributed by atoms with Crippen LogP contribution in [-0.2, 0) is 11.3 Å². The third-order valence-corrected chi connectivity index (χ3v) is 7.51. The maximum absolute atomic E-state index is 13.2. The lowest BCUT2D eigenvalue weighted by molar-refractivity contribution is -0.122. The van der Waals surface area contributed by atoms with Crippen LogP contribution in [0, 0.1) is 11.8 Å². The highest BCUT2D eigenvalue weighted by Crippen LogP contribution is 2.30. The van der Waals surface area contributed by atoms with Crippen molar-refractivity contribution in [2.24, 2.45) is 0 Å². The summed E-state index contributed by atoms with van der Waals surface area (Å²) in [6.07, 6.45) is 9.35. The molecule has 2 aliphatic heterocycles. The minimum atomic E-state index is -1.60. The van der Waals surface area contributed by atoms with Crippen LogP contribution in [0.4, 0.5) is 16.3 Å². The van der Waals surface area contributed by atoms with Gasteiger partial charge in [-0.05, 0) is 54.8 Å². The van der Waals surface area contributed by atoms with Gasteiger partial charge in [-0.1, -0.05) is 44.6 Å². The first-order valence-corrected chi connectivity index (χ1v) is 14.2. The summed E-state index contributed by atoms with van der Waals surface area (Å²) in [5, 5.41) is 4.92. The van der Waals surface area contributed by atoms with E-state index < -0.39 is 17.5 Å². The Kier molecular flexibility index (Phi) is 8.38. The molecule has 2 aliphatic rings. The molecule has 42 heavy (non-hydrogen) atoms. The molecule has 0 bridgehead atoms. The van der Waals surface area contributed by atoms with E-state index in [1.54, 1.807) is 24.5 Å². The van der Waals surface area contributed by atoms with Crippen molar-refractivity contribution >= 4 is 29.4 Å². The Labute approximate surface area is 245 Å². The summed E-state index contributed by atoms with van der Waals surface area (Å²) in [4.78, 5) is 51.2. The van der Waals surface area contributed by atoms with Crippen molar-refractivity contribution < 1.29 is 19.1 Å². The number of ether oxygens (including phenoxy) is 1. The zero-order valence-electron chi connectivity index (χ0n) is 24.0. The van der Waals surface area contributed by atoms with Gasteiger partial charge < -0.3 is 19.9 Å². The average Bonchev–Trinajstić information content (AvgIpc) is 3.46. The normalized spacial score (nSPS) is 17.4. The lowest BCUT2D eigenvalue weighted by Gasteiger charge is -2.32. The summed E-state index contributed by atoms with van der Waals surface area (Å²) in [5.74, 6) is 6.46. The summed E-state index contributed by atoms with van der Waals surface area (Å²) in [6.45, 7) is 4.54. The van der Waals surface area contributed by atoms with Gasteiger partial charge in [0.25, 0.3) is 11.8 Å². The van der Waals surface area contributed by atoms with Crippen LogP contribution in [0.15, 0.2) is 61.1 Å². The highest BCUT2D eigenvalue weighted by Gasteiger charge is 2.48. The van der Waals surface area contributed by atoms with Crippen molar-refractivity contribution in [2.45, 2.75) is 57.7 Å². The number of benzene rings is 1. The zero-order chi connectivity index (χ0) is 29.7. The van der Waals surface area contributed by atoms with Gasteiger partial charge in [0, 0.05) is 36.1 Å². The number of rotatable bonds is 10. The smallest absolute Gasteiger partial charge is 0.323 e. The minimum Gasteiger partial charge on any atom is -0.497 e. The number of pyridine rings is 2. The van der Waals surface area contributed by atoms with Crippen LogP contribution in [0.5, 0.6) is 5.75 Å². The Balaban J connectivity index is 1.41. The van der Waals surface area contributed by atoms with Gasteiger partial charge in [0.05, 0.1) is 25.5 Å². The van der Waals surface area contributed by atoms with Gasteiger partial charge in [0.1, 0.15) is 11.6 Å². The summed E-state index contributed by atoms with van der Waals surface area (Å²) >= 11 is 0. The maximum Gasteiger partial charge on any atom is 0.323 e. The predicted molar refractivity (Wildman–Crippen MR) is 158 cm³/mol. The molecule has 1 atom stereocenters. The van der Waals surface area contributed by atoms with Crippen molar-refractivity contribution in [1.29, 1.82) is 0 Å². The molecule has 10 heteroatoms. The van der Waals surface area contributed by atoms with Gasteiger partial charge in [0.15, 0.2) is 0 Å². The van der Waals surface area contributed by atoms with E-state index in [0.717, 1.165) is 42.8 Å². The summed E-state index contributed by atoms with van der Waals surface area (Å²) in [5.41, 5.74) is 1.25. The Morgan fingerprint density at radius 3 is 2.52 bits per heavy atom. The van der Waals surface area contributed by atoms with Gasteiger partial charge in [-0.2, -0.15) is 0 Å². The number of amides is 4. The topological polar surface area (TPSA) is 117 Å². The molecule has 1 aromatic carbocycles. The van der Waals surface area contributed by atoms with Crippen LogP contribution in [0.1, 0.15) is 61.0 Å². The molecule has 10 nitrogen and oxygen atoms in total. The monoisotopic (exact) mass is 566 g/mol. The SMILES string of the molecule is CCCC(CCC)N(c1cccnc1)c1ccc(C#C[C@]2(CN3Cc4ccc(OC)cc4C3=O)NC(=O)NC2=O)cn1. The lowest BCUT2D eigenvalue weighted by Crippen LogP contribution is -2.54. The number of imide groups is 1. The number of fused-ring (bicyclic) bond motifs is 1. The van der Waals surface area contributed by atoms with E-state index in [0.29, 0.717) is 23.4 Å². The summed E-state index contributed by atoms with van der Waals surface area (Å²) < 4.78 is 5.25. The van der Waals surface area contributed by atoms with E-state index in [4.69, 9.17) is 9.72 Å². The van der Waals surface area contributed by atoms with Crippen LogP contribution in [0.2, 0.25) is 0 Å². The van der Waals surface area contributed by atoms with E-state index in [-0.39, 0.29) is 18.5 Å². The lowest BCUT2D eigenvalue weighted by atomic mass is 9.99. The number of urea groups is 1. The van der Waals surface area contributed by atoms with Crippen molar-refractivity contribution in [3.63, 3.8) is 0 Å². The molecule has 216 valence electrons. The Morgan fingerprint density at radius 2 is 1.90 bits per heavy atom. The molecule has 0 unspecified atom stereocenters. The molecule has 4 amide bonds. The molecule has 5 rings (SSSR count). The van der Waals surface area contributed by atoms with Crippen LogP contribution < -0.4 is 20.3 Å². The van der Waals surface area contributed by atoms with Gasteiger partial charge in [-0.3, -0.25) is 19.9 Å². The standard InChI is InChI=1S/C32H34N6O4/c1-4-7-24(8-5-2)38(25-9-6-16-33-19-25)28-13-10-22(18-34-28)14-15-32(30(40)35-31(41)36-32)21-37-20-23-11-12-26(42-3)17-27(23)29(37)39/h6,9-13,16-19,24H,4-5,7-8,20-21H2,1-3H3,(H2,35,36,40,41)/t32-/m1/s1. The Morgan fingerprint density at radius 1 is 1.10 bits per heavy atom. The molecule has 2 N–H and O–H groups in total. The fraction of sp³-hybridized carbons (Fsp3) is 0.344. The average molecular weight is 567 g/mol. The number of carbonyl (C=O) groups excluding carboxylic acids is 3. The Bertz CT molecular complexity index is 1530. The van der Waals surface area contributed by atoms with Gasteiger partial charge in [0.2, 0.25) is 5.54 Å². The number of anilines is 2. The maximum atomic E-state index is 13.2. The molecule has 0 radical (unpaired) electrons. The first-order valence-electron chi connectivity index (χ1n) is 14.2. The van der Waals surface area contributed by atoms with Crippen LogP contribution in [0.3, 0.4) is 0 Å². The molecule has 4 heterocycles. The quantitative estimate of drug-likeness (QED) is 0.279. The molecular weight excluding hydrogens is 532 g/mol. The number of aromatic nitrogens is 2. The summed E-state index contributed by atoms with van der Waals surface area (Å²) in [7, 11) is 1.54. The number of carbonyl (C=O) groups is 3. The number of hydrogen-bond donors (Lipinski definition) is 2. The molecule has 2 aromatic heterocycles. The zero-order valence-corrected chi connectivity index (χ0v) is 24.0. The van der Waals surface area contributed by atoms with Crippen LogP contribution >= 0.6 is 0 Å². The number of hydrogen-bond acceptors (Lipinski definition) is 7. The third kappa shape index (κ3) is 5.77. The first-order chi connectivity index (χ1) is 20.4. The molecule has 0 saturated carbocycles. The molecule has 0 spiro atoms. The predicted octanol–water partition coefficient (Wildman–Crippen LogP) is 4.18. The van der Waals surface area contributed by atoms with E-state index in [1.807, 2.05) is 36.5 Å². The number of nitrogens with zero attached hydrogens (tertiary/aromatic N) is 4. The molecule has 1 saturated heterocycles. The van der Waals surface area contributed by atoms with Crippen LogP contribution in [-0.4, -0.2) is 57.9 Å². The van der Waals surface area contributed by atoms with Gasteiger partial charge in [-0.15, -0.1) is 0 Å². The van der Waals surface area contributed by atoms with Crippen molar-refractivity contribution in [3.05, 3.63) is 77.7 Å². The molecule has 3 aromatic rings. The second kappa shape index (κ2) is 12.3. The van der Waals surface area contributed by atoms with Gasteiger partial charge in [-0.25, -0.2) is 9.78 Å². The highest BCUT2D eigenvalue weighted by atomic mass is 16.5. The first kappa shape index (κ1) is 28.6. The number of methoxy groups -OCH3 is 1. The highest BCUT2D eigenvalue weighted by molar-refractivity contribution is 6.10. The van der Waals surface area contributed by atoms with Crippen molar-refractivity contribution in [1.82, 2.24) is 25.5 Å². The Hall–Kier alpha value is -4.91. The van der Waals surface area contributed by atoms with Crippen molar-refractivity contribution in [3.8, 4) is 17.6 Å². The second-order valence-electron chi connectivity index (χ2n) is 10.5. The van der Waals surface area contributed by atoms with Crippen LogP contribution in [0.25, 0.3) is 0 Å². The fourth-order valence-electron chi connectivity index (χ4n) is 5.49. The summed E-state index contributed by atoms with van der Waals surface area (Å²) in [6, 6.07) is 12.6. The molecule has 1 fully saturated rings. The van der Waals surface area contributed by atoms with Crippen molar-refractivity contribution in [2.75, 3.05) is 18.6 Å². The van der Waals surface area contributed by atoms with Gasteiger partial charge >= 0.3 is 6.03 Å². The molecular formula is C32H34N6O4. The third-order valence-electron chi connectivity index (χ3n) is 7.51. The van der Waals surface area contributed by atoms with E-state index in [9.17, 15) is 14.4 Å². The second-order valence-corrected chi connectivity index (χ2v) is 10.5. The number of nitrogens with one attached hydrogen (secondary N) is 2. The van der Waals surface area contributed by atoms with E-state index >= 15 is 0 Å².